The second-order valence-electron chi connectivity index (χ2n) is 6.10. The van der Waals surface area contributed by atoms with Crippen LogP contribution in [0.1, 0.15) is 18.4 Å². The Labute approximate surface area is 126 Å². The Bertz CT molecular complexity index is 627. The summed E-state index contributed by atoms with van der Waals surface area (Å²) in [5.41, 5.74) is 3.43. The lowest BCUT2D eigenvalue weighted by Gasteiger charge is -2.41. The molecule has 3 aliphatic heterocycles. The van der Waals surface area contributed by atoms with E-state index in [0.29, 0.717) is 5.69 Å². The third kappa shape index (κ3) is 3.86. The summed E-state index contributed by atoms with van der Waals surface area (Å²) in [5, 5.41) is 0. The molecule has 3 aliphatic rings. The monoisotopic (exact) mass is 306 g/mol. The van der Waals surface area contributed by atoms with Gasteiger partial charge in [-0.25, -0.2) is 8.42 Å². The molecule has 3 heterocycles. The third-order valence-corrected chi connectivity index (χ3v) is 4.98. The van der Waals surface area contributed by atoms with Gasteiger partial charge < -0.3 is 0 Å². The van der Waals surface area contributed by atoms with Crippen LogP contribution >= 0.6 is 0 Å². The number of sulfonamides is 1. The Morgan fingerprint density at radius 3 is 2.43 bits per heavy atom. The molecule has 0 saturated carbocycles. The zero-order valence-electron chi connectivity index (χ0n) is 12.4. The van der Waals surface area contributed by atoms with Crippen LogP contribution in [0.5, 0.6) is 0 Å². The standard InChI is InChI=1S/C16H22N2O2S/c1-21(19,20)17-16-6-3-13(4-7-16)2-5-15-12-18-10-8-14(15)9-11-18/h3-7,14,17H,2,8-12H2,1H3. The van der Waals surface area contributed by atoms with Gasteiger partial charge in [0.15, 0.2) is 0 Å². The fraction of sp³-hybridized carbons (Fsp3) is 0.500. The number of rotatable bonds is 4. The summed E-state index contributed by atoms with van der Waals surface area (Å²) in [7, 11) is -3.19. The highest BCUT2D eigenvalue weighted by Crippen LogP contribution is 2.31. The second-order valence-corrected chi connectivity index (χ2v) is 7.85. The Hall–Kier alpha value is -1.33. The largest absolute Gasteiger partial charge is 0.299 e. The maximum Gasteiger partial charge on any atom is 0.229 e. The van der Waals surface area contributed by atoms with Gasteiger partial charge in [-0.3, -0.25) is 9.62 Å². The average molecular weight is 306 g/mol. The molecule has 4 nitrogen and oxygen atoms in total. The first kappa shape index (κ1) is 14.6. The first-order chi connectivity index (χ1) is 9.99. The number of allylic oxidation sites excluding steroid dienone is 1. The molecule has 3 fully saturated rings. The molecule has 21 heavy (non-hydrogen) atoms. The maximum atomic E-state index is 11.2. The van der Waals surface area contributed by atoms with Crippen LogP contribution in [0.3, 0.4) is 0 Å². The first-order valence-electron chi connectivity index (χ1n) is 7.47. The average Bonchev–Trinajstić information content (AvgIpc) is 2.46. The highest BCUT2D eigenvalue weighted by atomic mass is 32.2. The van der Waals surface area contributed by atoms with Crippen LogP contribution in [-0.4, -0.2) is 39.2 Å². The molecule has 0 aromatic heterocycles. The van der Waals surface area contributed by atoms with Crippen LogP contribution in [0.4, 0.5) is 5.69 Å². The fourth-order valence-corrected chi connectivity index (χ4v) is 3.82. The number of anilines is 1. The molecular formula is C16H22N2O2S. The van der Waals surface area contributed by atoms with Gasteiger partial charge in [0.05, 0.1) is 6.26 Å². The molecule has 3 saturated heterocycles. The molecule has 4 rings (SSSR count). The summed E-state index contributed by atoms with van der Waals surface area (Å²) in [4.78, 5) is 2.53. The predicted molar refractivity (Wildman–Crippen MR) is 85.9 cm³/mol. The molecule has 2 bridgehead atoms. The number of benzene rings is 1. The third-order valence-electron chi connectivity index (χ3n) is 4.38. The zero-order valence-corrected chi connectivity index (χ0v) is 13.2. The topological polar surface area (TPSA) is 49.4 Å². The molecule has 0 atom stereocenters. The van der Waals surface area contributed by atoms with E-state index in [1.807, 2.05) is 24.3 Å². The number of fused-ring (bicyclic) bond motifs is 3. The lowest BCUT2D eigenvalue weighted by Crippen LogP contribution is -2.43. The molecule has 0 spiro atoms. The smallest absolute Gasteiger partial charge is 0.229 e. The van der Waals surface area contributed by atoms with Gasteiger partial charge in [-0.2, -0.15) is 0 Å². The lowest BCUT2D eigenvalue weighted by molar-refractivity contribution is 0.161. The van der Waals surface area contributed by atoms with Gasteiger partial charge in [-0.05, 0) is 56.0 Å². The van der Waals surface area contributed by atoms with E-state index in [4.69, 9.17) is 0 Å². The van der Waals surface area contributed by atoms with Crippen molar-refractivity contribution in [3.63, 3.8) is 0 Å². The van der Waals surface area contributed by atoms with Gasteiger partial charge in [0.2, 0.25) is 10.0 Å². The lowest BCUT2D eigenvalue weighted by atomic mass is 9.83. The van der Waals surface area contributed by atoms with Gasteiger partial charge in [0.1, 0.15) is 0 Å². The van der Waals surface area contributed by atoms with Crippen molar-refractivity contribution in [2.75, 3.05) is 30.6 Å². The number of piperidine rings is 3. The minimum absolute atomic E-state index is 0.622. The van der Waals surface area contributed by atoms with E-state index in [1.54, 1.807) is 5.57 Å². The zero-order chi connectivity index (χ0) is 14.9. The van der Waals surface area contributed by atoms with Gasteiger partial charge >= 0.3 is 0 Å². The van der Waals surface area contributed by atoms with E-state index >= 15 is 0 Å². The quantitative estimate of drug-likeness (QED) is 0.868. The number of nitrogens with one attached hydrogen (secondary N) is 1. The van der Waals surface area contributed by atoms with E-state index in [9.17, 15) is 8.42 Å². The van der Waals surface area contributed by atoms with Crippen LogP contribution in [0.15, 0.2) is 35.9 Å². The van der Waals surface area contributed by atoms with Gasteiger partial charge in [0, 0.05) is 12.2 Å². The van der Waals surface area contributed by atoms with Crippen LogP contribution in [0, 0.1) is 5.92 Å². The van der Waals surface area contributed by atoms with Crippen molar-refractivity contribution in [2.45, 2.75) is 19.3 Å². The molecule has 0 unspecified atom stereocenters. The van der Waals surface area contributed by atoms with E-state index in [2.05, 4.69) is 15.7 Å². The maximum absolute atomic E-state index is 11.2. The predicted octanol–water partition coefficient (Wildman–Crippen LogP) is 2.25. The van der Waals surface area contributed by atoms with Crippen molar-refractivity contribution < 1.29 is 8.42 Å². The highest BCUT2D eigenvalue weighted by Gasteiger charge is 2.28. The van der Waals surface area contributed by atoms with Crippen molar-refractivity contribution >= 4 is 15.7 Å². The first-order valence-corrected chi connectivity index (χ1v) is 9.37. The number of hydrogen-bond acceptors (Lipinski definition) is 3. The van der Waals surface area contributed by atoms with Gasteiger partial charge in [-0.1, -0.05) is 23.8 Å². The summed E-state index contributed by atoms with van der Waals surface area (Å²) in [6, 6.07) is 7.63. The molecule has 114 valence electrons. The van der Waals surface area contributed by atoms with Crippen molar-refractivity contribution in [3.05, 3.63) is 41.5 Å². The van der Waals surface area contributed by atoms with Crippen molar-refractivity contribution in [1.82, 2.24) is 4.90 Å². The molecule has 5 heteroatoms. The van der Waals surface area contributed by atoms with Crippen LogP contribution in [0.2, 0.25) is 0 Å². The molecule has 0 amide bonds. The van der Waals surface area contributed by atoms with Crippen LogP contribution < -0.4 is 4.72 Å². The summed E-state index contributed by atoms with van der Waals surface area (Å²) < 4.78 is 24.8. The Morgan fingerprint density at radius 1 is 1.24 bits per heavy atom. The summed E-state index contributed by atoms with van der Waals surface area (Å²) >= 11 is 0. The molecular weight excluding hydrogens is 284 g/mol. The summed E-state index contributed by atoms with van der Waals surface area (Å²) in [6.45, 7) is 3.65. The van der Waals surface area contributed by atoms with E-state index in [-0.39, 0.29) is 0 Å². The van der Waals surface area contributed by atoms with Crippen molar-refractivity contribution in [3.8, 4) is 0 Å². The molecule has 1 N–H and O–H groups in total. The van der Waals surface area contributed by atoms with Crippen molar-refractivity contribution in [2.24, 2.45) is 5.92 Å². The second kappa shape index (κ2) is 5.81. The van der Waals surface area contributed by atoms with E-state index < -0.39 is 10.0 Å². The molecule has 1 aromatic carbocycles. The Morgan fingerprint density at radius 2 is 1.90 bits per heavy atom. The van der Waals surface area contributed by atoms with Crippen LogP contribution in [-0.2, 0) is 16.4 Å². The summed E-state index contributed by atoms with van der Waals surface area (Å²) in [5.74, 6) is 0.793. The van der Waals surface area contributed by atoms with E-state index in [1.165, 1.54) is 37.8 Å². The van der Waals surface area contributed by atoms with Crippen molar-refractivity contribution in [1.29, 1.82) is 0 Å². The summed E-state index contributed by atoms with van der Waals surface area (Å²) in [6.07, 6.45) is 7.08. The SMILES string of the molecule is CS(=O)(=O)Nc1ccc(CC=C2CN3CCC2CC3)cc1. The fourth-order valence-electron chi connectivity index (χ4n) is 3.25. The van der Waals surface area contributed by atoms with Crippen LogP contribution in [0.25, 0.3) is 0 Å². The normalized spacial score (nSPS) is 27.0. The molecule has 0 radical (unpaired) electrons. The Balaban J connectivity index is 1.63. The minimum Gasteiger partial charge on any atom is -0.299 e. The van der Waals surface area contributed by atoms with Gasteiger partial charge in [-0.15, -0.1) is 0 Å². The highest BCUT2D eigenvalue weighted by molar-refractivity contribution is 7.92. The molecule has 1 aromatic rings. The van der Waals surface area contributed by atoms with Gasteiger partial charge in [0.25, 0.3) is 0 Å². The number of nitrogens with zero attached hydrogens (tertiary/aromatic N) is 1. The Kier molecular flexibility index (Phi) is 4.04. The van der Waals surface area contributed by atoms with E-state index in [0.717, 1.165) is 18.9 Å². The molecule has 0 aliphatic carbocycles. The minimum atomic E-state index is -3.19. The number of hydrogen-bond donors (Lipinski definition) is 1.